The summed E-state index contributed by atoms with van der Waals surface area (Å²) in [6.07, 6.45) is 8.09. The van der Waals surface area contributed by atoms with E-state index in [2.05, 4.69) is 25.5 Å². The van der Waals surface area contributed by atoms with E-state index in [0.717, 1.165) is 11.3 Å². The zero-order valence-electron chi connectivity index (χ0n) is 14.0. The summed E-state index contributed by atoms with van der Waals surface area (Å²) >= 11 is 0. The second-order valence-corrected chi connectivity index (χ2v) is 7.84. The fourth-order valence-corrected chi connectivity index (χ4v) is 3.16. The predicted octanol–water partition coefficient (Wildman–Crippen LogP) is 1.67. The quantitative estimate of drug-likeness (QED) is 0.583. The standard InChI is InChI=1S/C16H15N7O2S/c1-22-10-11(7-18-22)14-8-17-9-15-20-16(21-23(14)15)19-12-3-5-13(6-4-12)26(2,24)25/h3-10H,1-2H3,(H,19,21). The van der Waals surface area contributed by atoms with Crippen LogP contribution in [0.5, 0.6) is 0 Å². The van der Waals surface area contributed by atoms with Gasteiger partial charge in [-0.15, -0.1) is 5.10 Å². The molecule has 0 atom stereocenters. The van der Waals surface area contributed by atoms with Crippen LogP contribution >= 0.6 is 0 Å². The minimum absolute atomic E-state index is 0.258. The van der Waals surface area contributed by atoms with Crippen molar-refractivity contribution in [3.63, 3.8) is 0 Å². The largest absolute Gasteiger partial charge is 0.323 e. The van der Waals surface area contributed by atoms with Gasteiger partial charge in [0, 0.05) is 30.8 Å². The molecule has 0 aliphatic carbocycles. The fourth-order valence-electron chi connectivity index (χ4n) is 2.53. The smallest absolute Gasteiger partial charge is 0.247 e. The van der Waals surface area contributed by atoms with Crippen molar-refractivity contribution < 1.29 is 8.42 Å². The van der Waals surface area contributed by atoms with Crippen molar-refractivity contribution in [3.05, 3.63) is 49.1 Å². The molecular formula is C16H15N7O2S. The second-order valence-electron chi connectivity index (χ2n) is 5.82. The number of benzene rings is 1. The summed E-state index contributed by atoms with van der Waals surface area (Å²) in [6.45, 7) is 0. The third-order valence-electron chi connectivity index (χ3n) is 3.79. The molecule has 1 N–H and O–H groups in total. The van der Waals surface area contributed by atoms with Crippen LogP contribution in [0.4, 0.5) is 11.6 Å². The molecule has 0 spiro atoms. The van der Waals surface area contributed by atoms with E-state index in [9.17, 15) is 8.42 Å². The molecule has 132 valence electrons. The Balaban J connectivity index is 1.68. The molecule has 0 saturated heterocycles. The van der Waals surface area contributed by atoms with Gasteiger partial charge in [-0.25, -0.2) is 12.9 Å². The van der Waals surface area contributed by atoms with Gasteiger partial charge < -0.3 is 5.32 Å². The monoisotopic (exact) mass is 369 g/mol. The third-order valence-corrected chi connectivity index (χ3v) is 4.91. The number of nitrogens with zero attached hydrogens (tertiary/aromatic N) is 6. The topological polar surface area (TPSA) is 107 Å². The van der Waals surface area contributed by atoms with Crippen LogP contribution in [0.15, 0.2) is 53.9 Å². The van der Waals surface area contributed by atoms with E-state index in [1.807, 2.05) is 13.2 Å². The van der Waals surface area contributed by atoms with Crippen LogP contribution < -0.4 is 5.32 Å². The van der Waals surface area contributed by atoms with Crippen molar-refractivity contribution in [2.24, 2.45) is 7.05 Å². The molecule has 10 heteroatoms. The zero-order valence-corrected chi connectivity index (χ0v) is 14.8. The number of sulfone groups is 1. The van der Waals surface area contributed by atoms with Crippen LogP contribution in [0.2, 0.25) is 0 Å². The maximum Gasteiger partial charge on any atom is 0.247 e. The van der Waals surface area contributed by atoms with Gasteiger partial charge in [-0.1, -0.05) is 0 Å². The van der Waals surface area contributed by atoms with Gasteiger partial charge in [0.1, 0.15) is 0 Å². The minimum Gasteiger partial charge on any atom is -0.323 e. The fraction of sp³-hybridized carbons (Fsp3) is 0.125. The van der Waals surface area contributed by atoms with Crippen LogP contribution in [-0.4, -0.2) is 44.0 Å². The van der Waals surface area contributed by atoms with Crippen LogP contribution in [0, 0.1) is 0 Å². The molecule has 4 aromatic rings. The van der Waals surface area contributed by atoms with Crippen molar-refractivity contribution in [2.45, 2.75) is 4.90 Å². The number of rotatable bonds is 4. The van der Waals surface area contributed by atoms with E-state index in [4.69, 9.17) is 0 Å². The van der Waals surface area contributed by atoms with Crippen LogP contribution in [-0.2, 0) is 16.9 Å². The molecule has 0 unspecified atom stereocenters. The average Bonchev–Trinajstić information content (AvgIpc) is 3.19. The average molecular weight is 369 g/mol. The molecule has 0 fully saturated rings. The van der Waals surface area contributed by atoms with Crippen LogP contribution in [0.3, 0.4) is 0 Å². The first-order valence-electron chi connectivity index (χ1n) is 7.67. The Bertz CT molecular complexity index is 1190. The van der Waals surface area contributed by atoms with Crippen molar-refractivity contribution in [3.8, 4) is 11.3 Å². The Labute approximate surface area is 149 Å². The summed E-state index contributed by atoms with van der Waals surface area (Å²) in [6, 6.07) is 6.41. The van der Waals surface area contributed by atoms with Crippen molar-refractivity contribution in [1.29, 1.82) is 0 Å². The molecule has 0 aliphatic heterocycles. The lowest BCUT2D eigenvalue weighted by Crippen LogP contribution is -1.98. The first-order valence-corrected chi connectivity index (χ1v) is 9.56. The summed E-state index contributed by atoms with van der Waals surface area (Å²) in [5.41, 5.74) is 2.91. The van der Waals surface area contributed by atoms with Gasteiger partial charge in [0.25, 0.3) is 0 Å². The van der Waals surface area contributed by atoms with Gasteiger partial charge in [-0.05, 0) is 24.3 Å². The Morgan fingerprint density at radius 3 is 2.50 bits per heavy atom. The predicted molar refractivity (Wildman–Crippen MR) is 95.8 cm³/mol. The number of hydrogen-bond donors (Lipinski definition) is 1. The van der Waals surface area contributed by atoms with Gasteiger partial charge in [0.15, 0.2) is 15.5 Å². The van der Waals surface area contributed by atoms with Gasteiger partial charge in [-0.3, -0.25) is 9.67 Å². The molecule has 0 bridgehead atoms. The number of aromatic nitrogens is 6. The van der Waals surface area contributed by atoms with E-state index in [1.165, 1.54) is 18.4 Å². The Kier molecular flexibility index (Phi) is 3.69. The zero-order chi connectivity index (χ0) is 18.3. The lowest BCUT2D eigenvalue weighted by atomic mass is 10.3. The number of hydrogen-bond acceptors (Lipinski definition) is 7. The highest BCUT2D eigenvalue weighted by Crippen LogP contribution is 2.21. The number of anilines is 2. The third kappa shape index (κ3) is 3.02. The normalized spacial score (nSPS) is 11.8. The van der Waals surface area contributed by atoms with Gasteiger partial charge in [0.05, 0.1) is 29.2 Å². The molecule has 0 radical (unpaired) electrons. The van der Waals surface area contributed by atoms with E-state index in [0.29, 0.717) is 17.3 Å². The van der Waals surface area contributed by atoms with Gasteiger partial charge in [-0.2, -0.15) is 10.1 Å². The lowest BCUT2D eigenvalue weighted by molar-refractivity contribution is 0.602. The van der Waals surface area contributed by atoms with Crippen LogP contribution in [0.25, 0.3) is 16.9 Å². The molecule has 4 rings (SSSR count). The summed E-state index contributed by atoms with van der Waals surface area (Å²) < 4.78 is 26.4. The Morgan fingerprint density at radius 2 is 1.85 bits per heavy atom. The van der Waals surface area contributed by atoms with E-state index in [-0.39, 0.29) is 4.90 Å². The Morgan fingerprint density at radius 1 is 1.08 bits per heavy atom. The van der Waals surface area contributed by atoms with E-state index < -0.39 is 9.84 Å². The highest BCUT2D eigenvalue weighted by molar-refractivity contribution is 7.90. The first kappa shape index (κ1) is 16.2. The van der Waals surface area contributed by atoms with Crippen molar-refractivity contribution in [1.82, 2.24) is 29.4 Å². The maximum absolute atomic E-state index is 11.5. The summed E-state index contributed by atoms with van der Waals surface area (Å²) in [7, 11) is -1.39. The molecule has 0 aliphatic rings. The molecule has 0 saturated carbocycles. The summed E-state index contributed by atoms with van der Waals surface area (Å²) in [4.78, 5) is 8.87. The summed E-state index contributed by atoms with van der Waals surface area (Å²) in [5, 5.41) is 11.7. The summed E-state index contributed by atoms with van der Waals surface area (Å²) in [5.74, 6) is 0.384. The molecule has 9 nitrogen and oxygen atoms in total. The van der Waals surface area contributed by atoms with Crippen molar-refractivity contribution in [2.75, 3.05) is 11.6 Å². The highest BCUT2D eigenvalue weighted by Gasteiger charge is 2.12. The maximum atomic E-state index is 11.5. The Hall–Kier alpha value is -3.27. The number of aryl methyl sites for hydroxylation is 1. The van der Waals surface area contributed by atoms with E-state index in [1.54, 1.807) is 39.9 Å². The van der Waals surface area contributed by atoms with Gasteiger partial charge in [0.2, 0.25) is 5.95 Å². The SMILES string of the molecule is Cn1cc(-c2cncc3nc(Nc4ccc(S(C)(=O)=O)cc4)nn23)cn1. The van der Waals surface area contributed by atoms with E-state index >= 15 is 0 Å². The highest BCUT2D eigenvalue weighted by atomic mass is 32.2. The molecule has 0 amide bonds. The first-order chi connectivity index (χ1) is 12.4. The number of fused-ring (bicyclic) bond motifs is 1. The molecule has 26 heavy (non-hydrogen) atoms. The van der Waals surface area contributed by atoms with Crippen LogP contribution in [0.1, 0.15) is 0 Å². The molecule has 3 heterocycles. The lowest BCUT2D eigenvalue weighted by Gasteiger charge is -2.03. The molecular weight excluding hydrogens is 354 g/mol. The number of nitrogens with one attached hydrogen (secondary N) is 1. The molecule has 3 aromatic heterocycles. The molecule has 1 aromatic carbocycles. The van der Waals surface area contributed by atoms with Crippen molar-refractivity contribution >= 4 is 27.1 Å². The second kappa shape index (κ2) is 5.92. The van der Waals surface area contributed by atoms with Gasteiger partial charge >= 0.3 is 0 Å². The minimum atomic E-state index is -3.23.